The second kappa shape index (κ2) is 8.91. The number of nitro benzene ring substituents is 1. The summed E-state index contributed by atoms with van der Waals surface area (Å²) in [5.41, 5.74) is 3.36. The fraction of sp³-hybridized carbons (Fsp3) is 0.263. The van der Waals surface area contributed by atoms with Gasteiger partial charge in [-0.25, -0.2) is 5.43 Å². The van der Waals surface area contributed by atoms with Gasteiger partial charge in [-0.1, -0.05) is 0 Å². The number of non-ortho nitro benzene ring substituents is 1. The standard InChI is InChI=1S/C19H20N4O4/c24-19(14-22-11-1-2-12-22)21-20-13-15-3-7-17(8-4-15)27-18-9-5-16(6-10-18)23(25)26/h3-10,13H,1-2,11-12,14H2,(H,21,24). The van der Waals surface area contributed by atoms with Crippen LogP contribution in [0.15, 0.2) is 53.6 Å². The molecule has 1 aliphatic rings. The monoisotopic (exact) mass is 368 g/mol. The van der Waals surface area contributed by atoms with E-state index in [-0.39, 0.29) is 11.6 Å². The van der Waals surface area contributed by atoms with E-state index in [0.717, 1.165) is 31.5 Å². The number of carbonyl (C=O) groups is 1. The Morgan fingerprint density at radius 2 is 1.70 bits per heavy atom. The predicted molar refractivity (Wildman–Crippen MR) is 101 cm³/mol. The van der Waals surface area contributed by atoms with Crippen LogP contribution in [0.5, 0.6) is 11.5 Å². The van der Waals surface area contributed by atoms with Gasteiger partial charge in [-0.05, 0) is 67.9 Å². The van der Waals surface area contributed by atoms with Crippen molar-refractivity contribution in [1.29, 1.82) is 0 Å². The second-order valence-electron chi connectivity index (χ2n) is 6.20. The average Bonchev–Trinajstić information content (AvgIpc) is 3.16. The summed E-state index contributed by atoms with van der Waals surface area (Å²) in [5.74, 6) is 0.988. The summed E-state index contributed by atoms with van der Waals surface area (Å²) < 4.78 is 5.64. The van der Waals surface area contributed by atoms with Gasteiger partial charge < -0.3 is 4.74 Å². The summed E-state index contributed by atoms with van der Waals surface area (Å²) in [6, 6.07) is 13.0. The number of hydrogen-bond acceptors (Lipinski definition) is 6. The highest BCUT2D eigenvalue weighted by molar-refractivity contribution is 5.83. The summed E-state index contributed by atoms with van der Waals surface area (Å²) in [4.78, 5) is 24.1. The van der Waals surface area contributed by atoms with E-state index < -0.39 is 4.92 Å². The van der Waals surface area contributed by atoms with Crippen LogP contribution >= 0.6 is 0 Å². The first kappa shape index (κ1) is 18.5. The molecule has 1 heterocycles. The lowest BCUT2D eigenvalue weighted by molar-refractivity contribution is -0.384. The molecule has 0 saturated carbocycles. The van der Waals surface area contributed by atoms with Crippen LogP contribution in [0, 0.1) is 10.1 Å². The number of amides is 1. The van der Waals surface area contributed by atoms with Gasteiger partial charge in [0.25, 0.3) is 11.6 Å². The van der Waals surface area contributed by atoms with Crippen molar-refractivity contribution in [1.82, 2.24) is 10.3 Å². The molecule has 140 valence electrons. The van der Waals surface area contributed by atoms with E-state index >= 15 is 0 Å². The second-order valence-corrected chi connectivity index (χ2v) is 6.20. The van der Waals surface area contributed by atoms with Crippen LogP contribution in [0.25, 0.3) is 0 Å². The third-order valence-electron chi connectivity index (χ3n) is 4.13. The van der Waals surface area contributed by atoms with Gasteiger partial charge in [0.15, 0.2) is 0 Å². The topological polar surface area (TPSA) is 97.1 Å². The van der Waals surface area contributed by atoms with Gasteiger partial charge in [-0.15, -0.1) is 0 Å². The van der Waals surface area contributed by atoms with Gasteiger partial charge in [0.2, 0.25) is 0 Å². The Balaban J connectivity index is 1.49. The molecule has 1 amide bonds. The van der Waals surface area contributed by atoms with Crippen molar-refractivity contribution in [3.05, 3.63) is 64.2 Å². The van der Waals surface area contributed by atoms with Gasteiger partial charge in [-0.3, -0.25) is 19.8 Å². The van der Waals surface area contributed by atoms with Gasteiger partial charge in [-0.2, -0.15) is 5.10 Å². The minimum absolute atomic E-state index is 0.0145. The van der Waals surface area contributed by atoms with Crippen LogP contribution in [0.1, 0.15) is 18.4 Å². The number of hydrazone groups is 1. The normalized spacial score (nSPS) is 14.4. The van der Waals surface area contributed by atoms with Crippen LogP contribution in [-0.4, -0.2) is 41.6 Å². The van der Waals surface area contributed by atoms with Gasteiger partial charge >= 0.3 is 0 Å². The first-order valence-corrected chi connectivity index (χ1v) is 8.67. The fourth-order valence-electron chi connectivity index (χ4n) is 2.75. The number of hydrogen-bond donors (Lipinski definition) is 1. The highest BCUT2D eigenvalue weighted by Crippen LogP contribution is 2.23. The van der Waals surface area contributed by atoms with E-state index in [9.17, 15) is 14.9 Å². The third kappa shape index (κ3) is 5.61. The molecule has 3 rings (SSSR count). The first-order chi connectivity index (χ1) is 13.1. The van der Waals surface area contributed by atoms with E-state index in [1.165, 1.54) is 12.1 Å². The first-order valence-electron chi connectivity index (χ1n) is 8.67. The molecule has 0 bridgehead atoms. The minimum atomic E-state index is -0.457. The van der Waals surface area contributed by atoms with Gasteiger partial charge in [0.1, 0.15) is 11.5 Å². The minimum Gasteiger partial charge on any atom is -0.457 e. The fourth-order valence-corrected chi connectivity index (χ4v) is 2.75. The highest BCUT2D eigenvalue weighted by atomic mass is 16.6. The van der Waals surface area contributed by atoms with Crippen molar-refractivity contribution >= 4 is 17.8 Å². The molecule has 2 aromatic carbocycles. The van der Waals surface area contributed by atoms with E-state index in [1.54, 1.807) is 42.6 Å². The Labute approximate surface area is 156 Å². The lowest BCUT2D eigenvalue weighted by Crippen LogP contribution is -2.33. The molecule has 8 nitrogen and oxygen atoms in total. The van der Waals surface area contributed by atoms with Gasteiger partial charge in [0, 0.05) is 12.1 Å². The molecular formula is C19H20N4O4. The zero-order valence-electron chi connectivity index (χ0n) is 14.7. The molecule has 8 heteroatoms. The van der Waals surface area contributed by atoms with Crippen LogP contribution in [0.2, 0.25) is 0 Å². The summed E-state index contributed by atoms with van der Waals surface area (Å²) in [6.07, 6.45) is 3.85. The van der Waals surface area contributed by atoms with E-state index in [1.807, 2.05) is 0 Å². The SMILES string of the molecule is O=C(CN1CCCC1)NN=Cc1ccc(Oc2ccc([N+](=O)[O-])cc2)cc1. The van der Waals surface area contributed by atoms with Crippen molar-refractivity contribution in [2.75, 3.05) is 19.6 Å². The molecule has 1 N–H and O–H groups in total. The Morgan fingerprint density at radius 1 is 1.11 bits per heavy atom. The van der Waals surface area contributed by atoms with Gasteiger partial charge in [0.05, 0.1) is 17.7 Å². The number of carbonyl (C=O) groups excluding carboxylic acids is 1. The van der Waals surface area contributed by atoms with Crippen LogP contribution < -0.4 is 10.2 Å². The molecule has 0 atom stereocenters. The molecule has 1 fully saturated rings. The molecule has 0 spiro atoms. The number of nitro groups is 1. The molecule has 0 unspecified atom stereocenters. The maximum Gasteiger partial charge on any atom is 0.269 e. The van der Waals surface area contributed by atoms with Crippen molar-refractivity contribution < 1.29 is 14.5 Å². The Hall–Kier alpha value is -3.26. The largest absolute Gasteiger partial charge is 0.457 e. The molecule has 2 aromatic rings. The third-order valence-corrected chi connectivity index (χ3v) is 4.13. The summed E-state index contributed by atoms with van der Waals surface area (Å²) in [6.45, 7) is 2.31. The number of benzene rings is 2. The average molecular weight is 368 g/mol. The zero-order valence-corrected chi connectivity index (χ0v) is 14.7. The van der Waals surface area contributed by atoms with E-state index in [4.69, 9.17) is 4.74 Å². The number of ether oxygens (including phenoxy) is 1. The number of nitrogens with zero attached hydrogens (tertiary/aromatic N) is 3. The summed E-state index contributed by atoms with van der Waals surface area (Å²) in [7, 11) is 0. The molecule has 0 aromatic heterocycles. The van der Waals surface area contributed by atoms with Crippen molar-refractivity contribution in [3.63, 3.8) is 0 Å². The Kier molecular flexibility index (Phi) is 6.11. The molecular weight excluding hydrogens is 348 g/mol. The Bertz CT molecular complexity index is 813. The lowest BCUT2D eigenvalue weighted by atomic mass is 10.2. The molecule has 1 saturated heterocycles. The smallest absolute Gasteiger partial charge is 0.269 e. The molecule has 27 heavy (non-hydrogen) atoms. The van der Waals surface area contributed by atoms with Crippen molar-refractivity contribution in [2.45, 2.75) is 12.8 Å². The quantitative estimate of drug-likeness (QED) is 0.460. The molecule has 0 aliphatic carbocycles. The lowest BCUT2D eigenvalue weighted by Gasteiger charge is -2.12. The predicted octanol–water partition coefficient (Wildman–Crippen LogP) is 2.93. The van der Waals surface area contributed by atoms with Crippen molar-refractivity contribution in [2.24, 2.45) is 5.10 Å². The van der Waals surface area contributed by atoms with Crippen LogP contribution in [-0.2, 0) is 4.79 Å². The van der Waals surface area contributed by atoms with Crippen LogP contribution in [0.3, 0.4) is 0 Å². The van der Waals surface area contributed by atoms with E-state index in [0.29, 0.717) is 18.0 Å². The maximum atomic E-state index is 11.8. The van der Waals surface area contributed by atoms with Crippen molar-refractivity contribution in [3.8, 4) is 11.5 Å². The number of nitrogens with one attached hydrogen (secondary N) is 1. The highest BCUT2D eigenvalue weighted by Gasteiger charge is 2.14. The number of rotatable bonds is 7. The molecule has 0 radical (unpaired) electrons. The Morgan fingerprint density at radius 3 is 2.30 bits per heavy atom. The number of likely N-dealkylation sites (tertiary alicyclic amines) is 1. The summed E-state index contributed by atoms with van der Waals surface area (Å²) in [5, 5.41) is 14.6. The van der Waals surface area contributed by atoms with Crippen LogP contribution in [0.4, 0.5) is 5.69 Å². The summed E-state index contributed by atoms with van der Waals surface area (Å²) >= 11 is 0. The maximum absolute atomic E-state index is 11.8. The molecule has 1 aliphatic heterocycles. The van der Waals surface area contributed by atoms with E-state index in [2.05, 4.69) is 15.4 Å². The zero-order chi connectivity index (χ0) is 19.1.